The SMILES string of the molecule is CCOc1ccc(-c2cc(=O)n(CCNC(=O)c3cc(C)oc3C)cn2)cc1. The molecule has 7 nitrogen and oxygen atoms in total. The van der Waals surface area contributed by atoms with Gasteiger partial charge in [0.15, 0.2) is 0 Å². The summed E-state index contributed by atoms with van der Waals surface area (Å²) in [5.41, 5.74) is 1.77. The van der Waals surface area contributed by atoms with E-state index in [2.05, 4.69) is 10.3 Å². The van der Waals surface area contributed by atoms with Crippen LogP contribution in [-0.4, -0.2) is 28.6 Å². The van der Waals surface area contributed by atoms with Gasteiger partial charge in [0.25, 0.3) is 11.5 Å². The first-order valence-corrected chi connectivity index (χ1v) is 9.13. The average molecular weight is 381 g/mol. The molecular formula is C21H23N3O4. The van der Waals surface area contributed by atoms with Crippen molar-refractivity contribution in [1.29, 1.82) is 0 Å². The number of hydrogen-bond acceptors (Lipinski definition) is 5. The maximum absolute atomic E-state index is 12.4. The highest BCUT2D eigenvalue weighted by Gasteiger charge is 2.13. The van der Waals surface area contributed by atoms with E-state index in [4.69, 9.17) is 9.15 Å². The first kappa shape index (κ1) is 19.4. The summed E-state index contributed by atoms with van der Waals surface area (Å²) in [7, 11) is 0. The van der Waals surface area contributed by atoms with Crippen LogP contribution in [0.2, 0.25) is 0 Å². The van der Waals surface area contributed by atoms with Crippen molar-refractivity contribution >= 4 is 5.91 Å². The van der Waals surface area contributed by atoms with Crippen molar-refractivity contribution in [2.45, 2.75) is 27.3 Å². The molecule has 0 unspecified atom stereocenters. The number of carbonyl (C=O) groups is 1. The van der Waals surface area contributed by atoms with Crippen LogP contribution < -0.4 is 15.6 Å². The number of ether oxygens (including phenoxy) is 1. The highest BCUT2D eigenvalue weighted by atomic mass is 16.5. The van der Waals surface area contributed by atoms with Crippen LogP contribution in [0, 0.1) is 13.8 Å². The lowest BCUT2D eigenvalue weighted by Crippen LogP contribution is -2.30. The van der Waals surface area contributed by atoms with Gasteiger partial charge in [0.05, 0.1) is 24.2 Å². The number of aryl methyl sites for hydroxylation is 2. The maximum atomic E-state index is 12.4. The molecule has 0 spiro atoms. The van der Waals surface area contributed by atoms with E-state index in [1.807, 2.05) is 31.2 Å². The van der Waals surface area contributed by atoms with Gasteiger partial charge >= 0.3 is 0 Å². The molecule has 1 amide bonds. The van der Waals surface area contributed by atoms with Gasteiger partial charge in [-0.3, -0.25) is 14.2 Å². The van der Waals surface area contributed by atoms with Crippen LogP contribution >= 0.6 is 0 Å². The van der Waals surface area contributed by atoms with Gasteiger partial charge in [0, 0.05) is 24.7 Å². The monoisotopic (exact) mass is 381 g/mol. The lowest BCUT2D eigenvalue weighted by Gasteiger charge is -2.08. The molecule has 0 saturated heterocycles. The fourth-order valence-corrected chi connectivity index (χ4v) is 2.88. The summed E-state index contributed by atoms with van der Waals surface area (Å²) in [5, 5.41) is 2.79. The molecule has 3 aromatic rings. The number of rotatable bonds is 7. The third-order valence-electron chi connectivity index (χ3n) is 4.26. The van der Waals surface area contributed by atoms with Crippen LogP contribution in [0.5, 0.6) is 5.75 Å². The van der Waals surface area contributed by atoms with Gasteiger partial charge in [-0.1, -0.05) is 0 Å². The maximum Gasteiger partial charge on any atom is 0.254 e. The van der Waals surface area contributed by atoms with Gasteiger partial charge in [0.2, 0.25) is 0 Å². The summed E-state index contributed by atoms with van der Waals surface area (Å²) in [6.07, 6.45) is 1.49. The molecule has 0 bridgehead atoms. The molecule has 0 atom stereocenters. The smallest absolute Gasteiger partial charge is 0.254 e. The topological polar surface area (TPSA) is 86.4 Å². The van der Waals surface area contributed by atoms with E-state index in [0.29, 0.717) is 42.5 Å². The minimum Gasteiger partial charge on any atom is -0.494 e. The molecule has 3 rings (SSSR count). The number of amides is 1. The Morgan fingerprint density at radius 2 is 1.96 bits per heavy atom. The van der Waals surface area contributed by atoms with Crippen molar-refractivity contribution in [3.05, 3.63) is 70.2 Å². The zero-order valence-electron chi connectivity index (χ0n) is 16.2. The van der Waals surface area contributed by atoms with E-state index >= 15 is 0 Å². The predicted octanol–water partition coefficient (Wildman–Crippen LogP) is 2.95. The van der Waals surface area contributed by atoms with Gasteiger partial charge in [-0.25, -0.2) is 4.98 Å². The summed E-state index contributed by atoms with van der Waals surface area (Å²) < 4.78 is 12.2. The second-order valence-corrected chi connectivity index (χ2v) is 6.35. The minimum atomic E-state index is -0.221. The summed E-state index contributed by atoms with van der Waals surface area (Å²) in [6.45, 7) is 6.71. The zero-order valence-corrected chi connectivity index (χ0v) is 16.2. The number of aromatic nitrogens is 2. The highest BCUT2D eigenvalue weighted by molar-refractivity contribution is 5.95. The Morgan fingerprint density at radius 1 is 1.21 bits per heavy atom. The van der Waals surface area contributed by atoms with Crippen molar-refractivity contribution in [3.63, 3.8) is 0 Å². The van der Waals surface area contributed by atoms with Crippen molar-refractivity contribution in [2.75, 3.05) is 13.2 Å². The molecule has 2 aromatic heterocycles. The molecule has 28 heavy (non-hydrogen) atoms. The van der Waals surface area contributed by atoms with Crippen LogP contribution in [0.1, 0.15) is 28.8 Å². The quantitative estimate of drug-likeness (QED) is 0.680. The van der Waals surface area contributed by atoms with E-state index < -0.39 is 0 Å². The number of benzene rings is 1. The Hall–Kier alpha value is -3.35. The summed E-state index contributed by atoms with van der Waals surface area (Å²) in [4.78, 5) is 28.9. The Morgan fingerprint density at radius 3 is 2.57 bits per heavy atom. The number of carbonyl (C=O) groups excluding carboxylic acids is 1. The summed E-state index contributed by atoms with van der Waals surface area (Å²) in [6, 6.07) is 10.6. The van der Waals surface area contributed by atoms with E-state index in [1.54, 1.807) is 19.9 Å². The third kappa shape index (κ3) is 4.49. The van der Waals surface area contributed by atoms with Crippen LogP contribution in [0.15, 0.2) is 51.9 Å². The molecule has 0 fully saturated rings. The fourth-order valence-electron chi connectivity index (χ4n) is 2.88. The molecular weight excluding hydrogens is 358 g/mol. The van der Waals surface area contributed by atoms with Gasteiger partial charge in [-0.05, 0) is 51.1 Å². The van der Waals surface area contributed by atoms with Gasteiger partial charge in [0.1, 0.15) is 17.3 Å². The first-order valence-electron chi connectivity index (χ1n) is 9.13. The van der Waals surface area contributed by atoms with Crippen molar-refractivity contribution in [1.82, 2.24) is 14.9 Å². The van der Waals surface area contributed by atoms with Crippen LogP contribution in [0.3, 0.4) is 0 Å². The lowest BCUT2D eigenvalue weighted by molar-refractivity contribution is 0.0950. The molecule has 2 heterocycles. The Bertz CT molecular complexity index is 1020. The number of furan rings is 1. The van der Waals surface area contributed by atoms with E-state index in [9.17, 15) is 9.59 Å². The second kappa shape index (κ2) is 8.56. The fraction of sp³-hybridized carbons (Fsp3) is 0.286. The van der Waals surface area contributed by atoms with Gasteiger partial charge < -0.3 is 14.5 Å². The molecule has 146 valence electrons. The standard InChI is InChI=1S/C21H23N3O4/c1-4-27-17-7-5-16(6-8-17)19-12-20(25)24(13-23-19)10-9-22-21(26)18-11-14(2)28-15(18)3/h5-8,11-13H,4,9-10H2,1-3H3,(H,22,26). The van der Waals surface area contributed by atoms with Crippen molar-refractivity contribution in [3.8, 4) is 17.0 Å². The number of nitrogens with one attached hydrogen (secondary N) is 1. The molecule has 0 radical (unpaired) electrons. The van der Waals surface area contributed by atoms with Gasteiger partial charge in [-0.2, -0.15) is 0 Å². The number of hydrogen-bond donors (Lipinski definition) is 1. The zero-order chi connectivity index (χ0) is 20.1. The molecule has 1 N–H and O–H groups in total. The first-order chi connectivity index (χ1) is 13.5. The molecule has 0 saturated carbocycles. The molecule has 7 heteroatoms. The van der Waals surface area contributed by atoms with E-state index in [0.717, 1.165) is 11.3 Å². The number of nitrogens with zero attached hydrogens (tertiary/aromatic N) is 2. The Kier molecular flexibility index (Phi) is 5.93. The minimum absolute atomic E-state index is 0.177. The van der Waals surface area contributed by atoms with E-state index in [-0.39, 0.29) is 11.5 Å². The third-order valence-corrected chi connectivity index (χ3v) is 4.26. The molecule has 0 aliphatic heterocycles. The average Bonchev–Trinajstić information content (AvgIpc) is 3.02. The van der Waals surface area contributed by atoms with Crippen LogP contribution in [0.4, 0.5) is 0 Å². The van der Waals surface area contributed by atoms with E-state index in [1.165, 1.54) is 17.0 Å². The van der Waals surface area contributed by atoms with Crippen LogP contribution in [-0.2, 0) is 6.54 Å². The lowest BCUT2D eigenvalue weighted by atomic mass is 10.1. The molecule has 0 aliphatic carbocycles. The van der Waals surface area contributed by atoms with Crippen LogP contribution in [0.25, 0.3) is 11.3 Å². The van der Waals surface area contributed by atoms with Crippen molar-refractivity contribution in [2.24, 2.45) is 0 Å². The highest BCUT2D eigenvalue weighted by Crippen LogP contribution is 2.19. The molecule has 1 aromatic carbocycles. The predicted molar refractivity (Wildman–Crippen MR) is 106 cm³/mol. The largest absolute Gasteiger partial charge is 0.494 e. The molecule has 0 aliphatic rings. The summed E-state index contributed by atoms with van der Waals surface area (Å²) in [5.74, 6) is 1.82. The second-order valence-electron chi connectivity index (χ2n) is 6.35. The van der Waals surface area contributed by atoms with Crippen molar-refractivity contribution < 1.29 is 13.9 Å². The normalized spacial score (nSPS) is 10.7. The summed E-state index contributed by atoms with van der Waals surface area (Å²) >= 11 is 0. The Balaban J connectivity index is 1.62. The Labute approximate surface area is 163 Å². The van der Waals surface area contributed by atoms with Gasteiger partial charge in [-0.15, -0.1) is 0 Å².